The Kier molecular flexibility index (Phi) is 3.54. The summed E-state index contributed by atoms with van der Waals surface area (Å²) in [5.74, 6) is -2.98. The Morgan fingerprint density at radius 1 is 1.07 bits per heavy atom. The van der Waals surface area contributed by atoms with Crippen molar-refractivity contribution in [3.63, 3.8) is 0 Å². The molecule has 8 heteroatoms. The molecule has 6 nitrogen and oxygen atoms in total. The smallest absolute Gasteiger partial charge is 0.250 e. The Labute approximate surface area is 176 Å². The molecule has 1 spiro atoms. The number of fused-ring (bicyclic) bond motifs is 7. The molecule has 30 heavy (non-hydrogen) atoms. The van der Waals surface area contributed by atoms with Crippen molar-refractivity contribution >= 4 is 40.7 Å². The van der Waals surface area contributed by atoms with Crippen molar-refractivity contribution in [3.8, 4) is 0 Å². The molecule has 0 bridgehead atoms. The van der Waals surface area contributed by atoms with Gasteiger partial charge in [0.2, 0.25) is 11.8 Å². The summed E-state index contributed by atoms with van der Waals surface area (Å²) < 4.78 is 13.4. The average molecular weight is 426 g/mol. The van der Waals surface area contributed by atoms with Crippen molar-refractivity contribution in [2.45, 2.75) is 24.4 Å². The third-order valence-corrected chi connectivity index (χ3v) is 7.38. The fourth-order valence-electron chi connectivity index (χ4n) is 6.04. The molecular weight excluding hydrogens is 409 g/mol. The van der Waals surface area contributed by atoms with Crippen LogP contribution in [-0.4, -0.2) is 35.2 Å². The van der Waals surface area contributed by atoms with Crippen LogP contribution in [0.4, 0.5) is 15.8 Å². The van der Waals surface area contributed by atoms with Gasteiger partial charge in [-0.3, -0.25) is 19.3 Å². The first-order chi connectivity index (χ1) is 14.5. The number of carbonyl (C=O) groups is 3. The lowest BCUT2D eigenvalue weighted by molar-refractivity contribution is -0.135. The van der Waals surface area contributed by atoms with E-state index in [0.717, 1.165) is 17.7 Å². The number of amides is 3. The van der Waals surface area contributed by atoms with Crippen LogP contribution in [0.5, 0.6) is 0 Å². The molecule has 0 saturated carbocycles. The van der Waals surface area contributed by atoms with Crippen LogP contribution in [0.2, 0.25) is 5.02 Å². The van der Waals surface area contributed by atoms with Crippen LogP contribution in [0, 0.1) is 17.7 Å². The maximum atomic E-state index is 13.7. The van der Waals surface area contributed by atoms with Crippen molar-refractivity contribution in [3.05, 3.63) is 58.9 Å². The number of carbonyl (C=O) groups excluding carboxylic acids is 3. The highest BCUT2D eigenvalue weighted by atomic mass is 35.5. The van der Waals surface area contributed by atoms with Gasteiger partial charge in [0, 0.05) is 11.6 Å². The summed E-state index contributed by atoms with van der Waals surface area (Å²) in [6.07, 6.45) is 1.58. The van der Waals surface area contributed by atoms with Crippen LogP contribution in [-0.2, 0) is 19.9 Å². The van der Waals surface area contributed by atoms with Crippen molar-refractivity contribution < 1.29 is 18.8 Å². The van der Waals surface area contributed by atoms with Crippen LogP contribution in [0.25, 0.3) is 0 Å². The molecule has 3 amide bonds. The quantitative estimate of drug-likeness (QED) is 0.713. The maximum Gasteiger partial charge on any atom is 0.250 e. The lowest BCUT2D eigenvalue weighted by Crippen LogP contribution is -2.54. The van der Waals surface area contributed by atoms with E-state index < -0.39 is 29.1 Å². The molecule has 2 aromatic carbocycles. The molecule has 152 valence electrons. The molecule has 6 rings (SSSR count). The van der Waals surface area contributed by atoms with E-state index in [-0.39, 0.29) is 17.9 Å². The van der Waals surface area contributed by atoms with E-state index in [9.17, 15) is 18.8 Å². The third kappa shape index (κ3) is 1.95. The number of benzene rings is 2. The van der Waals surface area contributed by atoms with E-state index in [1.54, 1.807) is 12.1 Å². The number of para-hydroxylation sites is 1. The minimum Gasteiger partial charge on any atom is -0.323 e. The van der Waals surface area contributed by atoms with Crippen LogP contribution in [0.15, 0.2) is 42.5 Å². The molecule has 3 saturated heterocycles. The lowest BCUT2D eigenvalue weighted by atomic mass is 9.75. The number of rotatable bonds is 1. The van der Waals surface area contributed by atoms with E-state index in [1.807, 2.05) is 11.0 Å². The first-order valence-electron chi connectivity index (χ1n) is 9.97. The van der Waals surface area contributed by atoms with Crippen molar-refractivity contribution in [1.82, 2.24) is 4.90 Å². The largest absolute Gasteiger partial charge is 0.323 e. The third-order valence-electron chi connectivity index (χ3n) is 7.06. The minimum absolute atomic E-state index is 0.201. The zero-order chi connectivity index (χ0) is 20.8. The van der Waals surface area contributed by atoms with E-state index in [2.05, 4.69) is 5.32 Å². The van der Waals surface area contributed by atoms with Crippen LogP contribution in [0.1, 0.15) is 18.4 Å². The fourth-order valence-corrected chi connectivity index (χ4v) is 6.26. The summed E-state index contributed by atoms with van der Waals surface area (Å²) in [7, 11) is 0. The topological polar surface area (TPSA) is 69.7 Å². The van der Waals surface area contributed by atoms with Gasteiger partial charge in [0.05, 0.1) is 28.2 Å². The number of imide groups is 1. The maximum absolute atomic E-state index is 13.7. The Bertz CT molecular complexity index is 1140. The average Bonchev–Trinajstić information content (AvgIpc) is 3.42. The highest BCUT2D eigenvalue weighted by Crippen LogP contribution is 2.61. The lowest BCUT2D eigenvalue weighted by Gasteiger charge is -2.36. The predicted molar refractivity (Wildman–Crippen MR) is 107 cm³/mol. The SMILES string of the molecule is O=C1[C@H]2[C@@H](C(=O)N1c1ccc(F)cc1)[C@]1(C(=O)Nc3c(Cl)cccc31)N1CCC[C@@H]21. The second-order valence-electron chi connectivity index (χ2n) is 8.28. The van der Waals surface area contributed by atoms with Gasteiger partial charge in [-0.25, -0.2) is 9.29 Å². The molecular formula is C22H17ClFN3O3. The number of halogens is 2. The second kappa shape index (κ2) is 5.89. The molecule has 4 aliphatic rings. The monoisotopic (exact) mass is 425 g/mol. The van der Waals surface area contributed by atoms with Crippen molar-refractivity contribution in [2.24, 2.45) is 11.8 Å². The molecule has 0 aromatic heterocycles. The van der Waals surface area contributed by atoms with E-state index in [4.69, 9.17) is 11.6 Å². The van der Waals surface area contributed by atoms with Gasteiger partial charge in [-0.15, -0.1) is 0 Å². The fraction of sp³-hybridized carbons (Fsp3) is 0.318. The summed E-state index contributed by atoms with van der Waals surface area (Å²) in [5, 5.41) is 3.28. The molecule has 0 radical (unpaired) electrons. The Morgan fingerprint density at radius 2 is 1.83 bits per heavy atom. The molecule has 0 unspecified atom stereocenters. The van der Waals surface area contributed by atoms with Crippen molar-refractivity contribution in [2.75, 3.05) is 16.8 Å². The summed E-state index contributed by atoms with van der Waals surface area (Å²) in [6, 6.07) is 10.4. The first kappa shape index (κ1) is 18.0. The highest BCUT2D eigenvalue weighted by molar-refractivity contribution is 6.35. The predicted octanol–water partition coefficient (Wildman–Crippen LogP) is 2.91. The Hall–Kier alpha value is -2.77. The molecule has 2 aromatic rings. The molecule has 4 aliphatic heterocycles. The molecule has 1 N–H and O–H groups in total. The Balaban J connectivity index is 1.56. The van der Waals surface area contributed by atoms with Gasteiger partial charge in [-0.2, -0.15) is 0 Å². The minimum atomic E-state index is -1.26. The number of hydrogen-bond acceptors (Lipinski definition) is 4. The van der Waals surface area contributed by atoms with Gasteiger partial charge >= 0.3 is 0 Å². The zero-order valence-electron chi connectivity index (χ0n) is 15.8. The van der Waals surface area contributed by atoms with Gasteiger partial charge in [-0.1, -0.05) is 23.7 Å². The number of nitrogens with one attached hydrogen (secondary N) is 1. The molecule has 4 heterocycles. The number of nitrogens with zero attached hydrogens (tertiary/aromatic N) is 2. The van der Waals surface area contributed by atoms with Crippen molar-refractivity contribution in [1.29, 1.82) is 0 Å². The van der Waals surface area contributed by atoms with Gasteiger partial charge in [0.1, 0.15) is 11.4 Å². The molecule has 0 aliphatic carbocycles. The van der Waals surface area contributed by atoms with Gasteiger partial charge in [0.15, 0.2) is 0 Å². The van der Waals surface area contributed by atoms with Gasteiger partial charge < -0.3 is 5.32 Å². The summed E-state index contributed by atoms with van der Waals surface area (Å²) in [6.45, 7) is 0.633. The highest BCUT2D eigenvalue weighted by Gasteiger charge is 2.74. The van der Waals surface area contributed by atoms with Crippen LogP contribution >= 0.6 is 11.6 Å². The van der Waals surface area contributed by atoms with E-state index >= 15 is 0 Å². The summed E-state index contributed by atoms with van der Waals surface area (Å²) in [4.78, 5) is 43.8. The number of hydrogen-bond donors (Lipinski definition) is 1. The summed E-state index contributed by atoms with van der Waals surface area (Å²) >= 11 is 6.36. The van der Waals surface area contributed by atoms with Crippen LogP contribution < -0.4 is 10.2 Å². The van der Waals surface area contributed by atoms with E-state index in [0.29, 0.717) is 28.5 Å². The zero-order valence-corrected chi connectivity index (χ0v) is 16.5. The first-order valence-corrected chi connectivity index (χ1v) is 10.3. The van der Waals surface area contributed by atoms with Gasteiger partial charge in [0.25, 0.3) is 5.91 Å². The van der Waals surface area contributed by atoms with Crippen LogP contribution in [0.3, 0.4) is 0 Å². The van der Waals surface area contributed by atoms with E-state index in [1.165, 1.54) is 24.3 Å². The molecule has 3 fully saturated rings. The Morgan fingerprint density at radius 3 is 2.60 bits per heavy atom. The summed E-state index contributed by atoms with van der Waals surface area (Å²) in [5.41, 5.74) is 0.232. The second-order valence-corrected chi connectivity index (χ2v) is 8.68. The van der Waals surface area contributed by atoms with Gasteiger partial charge in [-0.05, 0) is 49.7 Å². The standard InChI is InChI=1S/C22H17ClFN3O3/c23-14-4-1-3-13-18(14)25-21(30)22(13)17-16(15-5-2-10-26(15)22)19(28)27(20(17)29)12-8-6-11(24)7-9-12/h1,3-4,6-9,15-17H,2,5,10H2,(H,25,30)/t15-,16+,17-,22+/m0/s1. The molecule has 4 atom stereocenters. The number of anilines is 2. The normalized spacial score (nSPS) is 32.0.